The summed E-state index contributed by atoms with van der Waals surface area (Å²) >= 11 is 0. The van der Waals surface area contributed by atoms with Crippen molar-refractivity contribution >= 4 is 5.97 Å². The lowest BCUT2D eigenvalue weighted by molar-refractivity contribution is -0.274. The van der Waals surface area contributed by atoms with Gasteiger partial charge in [-0.15, -0.1) is 13.2 Å². The second-order valence-corrected chi connectivity index (χ2v) is 3.39. The largest absolute Gasteiger partial charge is 0.573 e. The zero-order valence-electron chi connectivity index (χ0n) is 9.24. The predicted octanol–water partition coefficient (Wildman–Crippen LogP) is 2.23. The first-order valence-corrected chi connectivity index (χ1v) is 5.01. The Morgan fingerprint density at radius 3 is 2.67 bits per heavy atom. The van der Waals surface area contributed by atoms with Gasteiger partial charge in [-0.2, -0.15) is 0 Å². The van der Waals surface area contributed by atoms with E-state index in [0.29, 0.717) is 12.0 Å². The number of hydrogen-bond acceptors (Lipinski definition) is 3. The van der Waals surface area contributed by atoms with Crippen molar-refractivity contribution in [1.82, 2.24) is 0 Å². The number of benzene rings is 1. The Morgan fingerprint density at radius 1 is 1.33 bits per heavy atom. The number of halogens is 3. The smallest absolute Gasteiger partial charge is 0.480 e. The second kappa shape index (κ2) is 6.25. The highest BCUT2D eigenvalue weighted by molar-refractivity contribution is 5.67. The Labute approximate surface area is 101 Å². The molecular formula is C11H11F3O4. The van der Waals surface area contributed by atoms with Gasteiger partial charge in [0.25, 0.3) is 0 Å². The minimum absolute atomic E-state index is 0.113. The lowest BCUT2D eigenvalue weighted by atomic mass is 10.1. The van der Waals surface area contributed by atoms with Crippen LogP contribution in [0.15, 0.2) is 24.3 Å². The second-order valence-electron chi connectivity index (χ2n) is 3.39. The molecule has 0 aliphatic carbocycles. The number of ether oxygens (including phenoxy) is 2. The highest BCUT2D eigenvalue weighted by Gasteiger charge is 2.31. The molecule has 0 spiro atoms. The maximum Gasteiger partial charge on any atom is 0.573 e. The van der Waals surface area contributed by atoms with Crippen LogP contribution in [0.2, 0.25) is 0 Å². The Kier molecular flexibility index (Phi) is 4.96. The maximum atomic E-state index is 12.0. The van der Waals surface area contributed by atoms with E-state index in [1.807, 2.05) is 0 Å². The summed E-state index contributed by atoms with van der Waals surface area (Å²) in [7, 11) is 0. The molecule has 0 aliphatic heterocycles. The van der Waals surface area contributed by atoms with Crippen LogP contribution >= 0.6 is 0 Å². The van der Waals surface area contributed by atoms with Crippen molar-refractivity contribution in [3.05, 3.63) is 29.8 Å². The third kappa shape index (κ3) is 6.09. The standard InChI is InChI=1S/C11H11F3O4/c12-11(13,14)18-9-3-1-2-8(6-9)4-5-17-7-10(15)16/h1-3,6H,4-5,7H2,(H,15,16). The average Bonchev–Trinajstić information content (AvgIpc) is 2.22. The summed E-state index contributed by atoms with van der Waals surface area (Å²) in [5, 5.41) is 8.31. The van der Waals surface area contributed by atoms with E-state index >= 15 is 0 Å². The van der Waals surface area contributed by atoms with Crippen molar-refractivity contribution in [2.75, 3.05) is 13.2 Å². The van der Waals surface area contributed by atoms with Gasteiger partial charge in [0.05, 0.1) is 6.61 Å². The van der Waals surface area contributed by atoms with Crippen molar-refractivity contribution in [3.63, 3.8) is 0 Å². The van der Waals surface area contributed by atoms with Gasteiger partial charge < -0.3 is 14.6 Å². The summed E-state index contributed by atoms with van der Waals surface area (Å²) < 4.78 is 44.4. The van der Waals surface area contributed by atoms with E-state index in [0.717, 1.165) is 0 Å². The van der Waals surface area contributed by atoms with Crippen LogP contribution in [-0.2, 0) is 16.0 Å². The minimum atomic E-state index is -4.72. The Hall–Kier alpha value is -1.76. The molecule has 0 aliphatic rings. The van der Waals surface area contributed by atoms with Crippen molar-refractivity contribution in [2.45, 2.75) is 12.8 Å². The van der Waals surface area contributed by atoms with E-state index in [9.17, 15) is 18.0 Å². The van der Waals surface area contributed by atoms with Gasteiger partial charge >= 0.3 is 12.3 Å². The van der Waals surface area contributed by atoms with Crippen molar-refractivity contribution in [3.8, 4) is 5.75 Å². The van der Waals surface area contributed by atoms with Crippen LogP contribution in [0.1, 0.15) is 5.56 Å². The number of alkyl halides is 3. The molecule has 0 fully saturated rings. The van der Waals surface area contributed by atoms with Crippen molar-refractivity contribution < 1.29 is 32.5 Å². The third-order valence-electron chi connectivity index (χ3n) is 1.89. The lowest BCUT2D eigenvalue weighted by Gasteiger charge is -2.10. The fraction of sp³-hybridized carbons (Fsp3) is 0.364. The third-order valence-corrected chi connectivity index (χ3v) is 1.89. The van der Waals surface area contributed by atoms with Gasteiger partial charge in [-0.25, -0.2) is 4.79 Å². The molecule has 4 nitrogen and oxygen atoms in total. The summed E-state index contributed by atoms with van der Waals surface area (Å²) in [5.74, 6) is -1.40. The number of hydrogen-bond donors (Lipinski definition) is 1. The number of carboxylic acid groups (broad SMARTS) is 1. The molecule has 1 aromatic carbocycles. The molecule has 1 rings (SSSR count). The number of carbonyl (C=O) groups is 1. The van der Waals surface area contributed by atoms with E-state index in [4.69, 9.17) is 9.84 Å². The van der Waals surface area contributed by atoms with Gasteiger partial charge in [-0.3, -0.25) is 0 Å². The fourth-order valence-corrected chi connectivity index (χ4v) is 1.25. The van der Waals surface area contributed by atoms with E-state index in [2.05, 4.69) is 4.74 Å². The predicted molar refractivity (Wildman–Crippen MR) is 55.3 cm³/mol. The van der Waals surface area contributed by atoms with E-state index in [-0.39, 0.29) is 12.4 Å². The Bertz CT molecular complexity index is 404. The van der Waals surface area contributed by atoms with Gasteiger partial charge in [0.15, 0.2) is 0 Å². The first-order chi connectivity index (χ1) is 8.37. The first-order valence-electron chi connectivity index (χ1n) is 5.01. The van der Waals surface area contributed by atoms with Gasteiger partial charge in [-0.1, -0.05) is 12.1 Å². The highest BCUT2D eigenvalue weighted by atomic mass is 19.4. The molecule has 0 atom stereocenters. The topological polar surface area (TPSA) is 55.8 Å². The average molecular weight is 264 g/mol. The van der Waals surface area contributed by atoms with Crippen molar-refractivity contribution in [2.24, 2.45) is 0 Å². The van der Waals surface area contributed by atoms with Crippen LogP contribution in [0.5, 0.6) is 5.75 Å². The van der Waals surface area contributed by atoms with Crippen LogP contribution < -0.4 is 4.74 Å². The molecule has 1 aromatic rings. The molecule has 0 bridgehead atoms. The molecule has 7 heteroatoms. The monoisotopic (exact) mass is 264 g/mol. The summed E-state index contributed by atoms with van der Waals surface area (Å²) in [6, 6.07) is 5.45. The molecule has 0 aromatic heterocycles. The highest BCUT2D eigenvalue weighted by Crippen LogP contribution is 2.23. The van der Waals surface area contributed by atoms with Gasteiger partial charge in [0, 0.05) is 0 Å². The van der Waals surface area contributed by atoms with Crippen LogP contribution in [-0.4, -0.2) is 30.7 Å². The molecule has 1 N–H and O–H groups in total. The molecule has 0 unspecified atom stereocenters. The van der Waals surface area contributed by atoms with Gasteiger partial charge in [-0.05, 0) is 24.1 Å². The van der Waals surface area contributed by atoms with E-state index in [1.165, 1.54) is 18.2 Å². The van der Waals surface area contributed by atoms with Crippen LogP contribution in [0, 0.1) is 0 Å². The fourth-order valence-electron chi connectivity index (χ4n) is 1.25. The number of rotatable bonds is 6. The lowest BCUT2D eigenvalue weighted by Crippen LogP contribution is -2.17. The normalized spacial score (nSPS) is 11.3. The number of carboxylic acids is 1. The quantitative estimate of drug-likeness (QED) is 0.800. The van der Waals surface area contributed by atoms with E-state index < -0.39 is 18.9 Å². The number of aliphatic carboxylic acids is 1. The summed E-state index contributed by atoms with van der Waals surface area (Å²) in [6.45, 7) is -0.319. The SMILES string of the molecule is O=C(O)COCCc1cccc(OC(F)(F)F)c1. The van der Waals surface area contributed by atoms with Crippen molar-refractivity contribution in [1.29, 1.82) is 0 Å². The Balaban J connectivity index is 2.47. The molecular weight excluding hydrogens is 253 g/mol. The zero-order valence-corrected chi connectivity index (χ0v) is 9.24. The first kappa shape index (κ1) is 14.3. The van der Waals surface area contributed by atoms with Gasteiger partial charge in [0.1, 0.15) is 12.4 Å². The molecule has 0 heterocycles. The maximum absolute atomic E-state index is 12.0. The molecule has 18 heavy (non-hydrogen) atoms. The molecule has 0 saturated carbocycles. The Morgan fingerprint density at radius 2 is 2.06 bits per heavy atom. The summed E-state index contributed by atoms with van der Waals surface area (Å²) in [4.78, 5) is 10.2. The molecule has 0 saturated heterocycles. The van der Waals surface area contributed by atoms with E-state index in [1.54, 1.807) is 6.07 Å². The summed E-state index contributed by atoms with van der Waals surface area (Å²) in [6.07, 6.45) is -4.42. The molecule has 100 valence electrons. The minimum Gasteiger partial charge on any atom is -0.480 e. The molecule has 0 amide bonds. The summed E-state index contributed by atoms with van der Waals surface area (Å²) in [5.41, 5.74) is 0.571. The van der Waals surface area contributed by atoms with Crippen LogP contribution in [0.25, 0.3) is 0 Å². The van der Waals surface area contributed by atoms with Gasteiger partial charge in [0.2, 0.25) is 0 Å². The molecule has 0 radical (unpaired) electrons. The van der Waals surface area contributed by atoms with Crippen LogP contribution in [0.3, 0.4) is 0 Å². The zero-order chi connectivity index (χ0) is 13.6. The van der Waals surface area contributed by atoms with Crippen LogP contribution in [0.4, 0.5) is 13.2 Å².